The fourth-order valence-corrected chi connectivity index (χ4v) is 1.09. The number of carboxylic acids is 1. The van der Waals surface area contributed by atoms with Crippen molar-refractivity contribution in [2.24, 2.45) is 0 Å². The average molecular weight is 180 g/mol. The van der Waals surface area contributed by atoms with E-state index in [4.69, 9.17) is 15.2 Å². The first-order valence-electron chi connectivity index (χ1n) is 3.72. The van der Waals surface area contributed by atoms with Crippen LogP contribution in [0.1, 0.15) is 15.9 Å². The molecule has 1 rings (SSSR count). The van der Waals surface area contributed by atoms with E-state index in [0.717, 1.165) is 0 Å². The minimum Gasteiger partial charge on any atom is -0.478 e. The second kappa shape index (κ2) is 3.59. The number of aromatic carboxylic acids is 1. The van der Waals surface area contributed by atoms with Gasteiger partial charge in [-0.15, -0.1) is 0 Å². The van der Waals surface area contributed by atoms with Gasteiger partial charge in [-0.2, -0.15) is 0 Å². The molecule has 0 aromatic heterocycles. The minimum atomic E-state index is -1.55. The van der Waals surface area contributed by atoms with Crippen molar-refractivity contribution in [2.45, 2.75) is 6.92 Å². The highest BCUT2D eigenvalue weighted by Crippen LogP contribution is 2.05. The van der Waals surface area contributed by atoms with E-state index in [1.54, 1.807) is 6.92 Å². The lowest BCUT2D eigenvalue weighted by atomic mass is 9.79. The van der Waals surface area contributed by atoms with Crippen molar-refractivity contribution in [1.82, 2.24) is 0 Å². The normalized spacial score (nSPS) is 9.77. The standard InChI is InChI=1S/C8H9BO4/c1-5-4-6(9(12)13)2-3-7(5)8(10)11/h2-4,12-13H,1H3,(H,10,11). The van der Waals surface area contributed by atoms with Crippen LogP contribution in [0.4, 0.5) is 0 Å². The van der Waals surface area contributed by atoms with E-state index in [1.807, 2.05) is 0 Å². The van der Waals surface area contributed by atoms with Gasteiger partial charge in [-0.05, 0) is 24.0 Å². The lowest BCUT2D eigenvalue weighted by Gasteiger charge is -2.03. The molecule has 0 spiro atoms. The number of rotatable bonds is 2. The lowest BCUT2D eigenvalue weighted by Crippen LogP contribution is -2.30. The van der Waals surface area contributed by atoms with E-state index < -0.39 is 13.1 Å². The maximum absolute atomic E-state index is 10.6. The Hall–Kier alpha value is -1.33. The van der Waals surface area contributed by atoms with Crippen LogP contribution in [0.5, 0.6) is 0 Å². The lowest BCUT2D eigenvalue weighted by molar-refractivity contribution is 0.0696. The summed E-state index contributed by atoms with van der Waals surface area (Å²) in [5.41, 5.74) is 0.977. The van der Waals surface area contributed by atoms with E-state index in [9.17, 15) is 4.79 Å². The molecule has 0 amide bonds. The zero-order valence-electron chi connectivity index (χ0n) is 7.06. The molecular formula is C8H9BO4. The van der Waals surface area contributed by atoms with Gasteiger partial charge in [0.1, 0.15) is 0 Å². The van der Waals surface area contributed by atoms with E-state index in [2.05, 4.69) is 0 Å². The number of benzene rings is 1. The molecule has 13 heavy (non-hydrogen) atoms. The van der Waals surface area contributed by atoms with Gasteiger partial charge in [0.2, 0.25) is 0 Å². The zero-order chi connectivity index (χ0) is 10.0. The number of carbonyl (C=O) groups is 1. The first kappa shape index (κ1) is 9.76. The minimum absolute atomic E-state index is 0.171. The van der Waals surface area contributed by atoms with Crippen LogP contribution in [0, 0.1) is 6.92 Å². The van der Waals surface area contributed by atoms with Crippen molar-refractivity contribution < 1.29 is 19.9 Å². The van der Waals surface area contributed by atoms with Gasteiger partial charge >= 0.3 is 13.1 Å². The van der Waals surface area contributed by atoms with Crippen LogP contribution in [0.25, 0.3) is 0 Å². The van der Waals surface area contributed by atoms with Crippen molar-refractivity contribution in [3.8, 4) is 0 Å². The monoisotopic (exact) mass is 180 g/mol. The van der Waals surface area contributed by atoms with E-state index in [-0.39, 0.29) is 5.56 Å². The summed E-state index contributed by atoms with van der Waals surface area (Å²) in [7, 11) is -1.55. The molecule has 0 fully saturated rings. The van der Waals surface area contributed by atoms with E-state index >= 15 is 0 Å². The summed E-state index contributed by atoms with van der Waals surface area (Å²) in [5.74, 6) is -1.02. The Balaban J connectivity index is 3.13. The highest BCUT2D eigenvalue weighted by Gasteiger charge is 2.13. The molecule has 0 aliphatic heterocycles. The third kappa shape index (κ3) is 2.08. The number of carboxylic acid groups (broad SMARTS) is 1. The van der Waals surface area contributed by atoms with Crippen LogP contribution in [0.15, 0.2) is 18.2 Å². The fraction of sp³-hybridized carbons (Fsp3) is 0.125. The quantitative estimate of drug-likeness (QED) is 0.529. The number of aryl methyl sites for hydroxylation is 1. The molecule has 0 aliphatic carbocycles. The van der Waals surface area contributed by atoms with Crippen LogP contribution >= 0.6 is 0 Å². The highest BCUT2D eigenvalue weighted by atomic mass is 16.4. The summed E-state index contributed by atoms with van der Waals surface area (Å²) in [5, 5.41) is 26.2. The molecule has 0 bridgehead atoms. The molecule has 4 nitrogen and oxygen atoms in total. The Morgan fingerprint density at radius 2 is 2.00 bits per heavy atom. The zero-order valence-corrected chi connectivity index (χ0v) is 7.06. The predicted octanol–water partition coefficient (Wildman–Crippen LogP) is -0.627. The second-order valence-electron chi connectivity index (χ2n) is 2.75. The topological polar surface area (TPSA) is 77.8 Å². The molecule has 1 aromatic rings. The van der Waals surface area contributed by atoms with Crippen LogP contribution < -0.4 is 5.46 Å². The molecule has 0 unspecified atom stereocenters. The van der Waals surface area contributed by atoms with Crippen LogP contribution in [0.2, 0.25) is 0 Å². The van der Waals surface area contributed by atoms with E-state index in [0.29, 0.717) is 11.0 Å². The molecular weight excluding hydrogens is 171 g/mol. The molecule has 0 saturated carbocycles. The van der Waals surface area contributed by atoms with Crippen LogP contribution in [0.3, 0.4) is 0 Å². The van der Waals surface area contributed by atoms with Gasteiger partial charge in [0.25, 0.3) is 0 Å². The van der Waals surface area contributed by atoms with Gasteiger partial charge in [0.15, 0.2) is 0 Å². The van der Waals surface area contributed by atoms with Gasteiger partial charge in [0, 0.05) is 0 Å². The van der Waals surface area contributed by atoms with Gasteiger partial charge in [-0.1, -0.05) is 12.1 Å². The average Bonchev–Trinajstić information content (AvgIpc) is 2.03. The first-order chi connectivity index (χ1) is 6.02. The number of hydrogen-bond donors (Lipinski definition) is 3. The fourth-order valence-electron chi connectivity index (χ4n) is 1.09. The molecule has 0 atom stereocenters. The molecule has 5 heteroatoms. The molecule has 1 aromatic carbocycles. The number of hydrogen-bond acceptors (Lipinski definition) is 3. The Bertz CT molecular complexity index is 335. The second-order valence-corrected chi connectivity index (χ2v) is 2.75. The molecule has 3 N–H and O–H groups in total. The van der Waals surface area contributed by atoms with Gasteiger partial charge < -0.3 is 15.2 Å². The highest BCUT2D eigenvalue weighted by molar-refractivity contribution is 6.58. The Morgan fingerprint density at radius 1 is 1.38 bits per heavy atom. The molecule has 0 radical (unpaired) electrons. The van der Waals surface area contributed by atoms with Gasteiger partial charge in [-0.3, -0.25) is 0 Å². The Morgan fingerprint density at radius 3 is 2.38 bits per heavy atom. The van der Waals surface area contributed by atoms with E-state index in [1.165, 1.54) is 18.2 Å². The van der Waals surface area contributed by atoms with Gasteiger partial charge in [0.05, 0.1) is 5.56 Å². The summed E-state index contributed by atoms with van der Waals surface area (Å²) < 4.78 is 0. The van der Waals surface area contributed by atoms with Crippen molar-refractivity contribution in [3.63, 3.8) is 0 Å². The summed E-state index contributed by atoms with van der Waals surface area (Å²) in [6, 6.07) is 4.17. The third-order valence-electron chi connectivity index (χ3n) is 1.78. The third-order valence-corrected chi connectivity index (χ3v) is 1.78. The Kier molecular flexibility index (Phi) is 2.70. The van der Waals surface area contributed by atoms with Crippen LogP contribution in [-0.4, -0.2) is 28.2 Å². The Labute approximate surface area is 75.6 Å². The summed E-state index contributed by atoms with van der Waals surface area (Å²) in [6.45, 7) is 1.61. The maximum Gasteiger partial charge on any atom is 0.488 e. The largest absolute Gasteiger partial charge is 0.488 e. The predicted molar refractivity (Wildman–Crippen MR) is 48.0 cm³/mol. The maximum atomic E-state index is 10.6. The van der Waals surface area contributed by atoms with Gasteiger partial charge in [-0.25, -0.2) is 4.79 Å². The summed E-state index contributed by atoms with van der Waals surface area (Å²) in [4.78, 5) is 10.6. The summed E-state index contributed by atoms with van der Waals surface area (Å²) >= 11 is 0. The van der Waals surface area contributed by atoms with Crippen LogP contribution in [-0.2, 0) is 0 Å². The molecule has 68 valence electrons. The SMILES string of the molecule is Cc1cc(B(O)O)ccc1C(=O)O. The van der Waals surface area contributed by atoms with Crippen molar-refractivity contribution in [2.75, 3.05) is 0 Å². The van der Waals surface area contributed by atoms with Crippen molar-refractivity contribution in [3.05, 3.63) is 29.3 Å². The first-order valence-corrected chi connectivity index (χ1v) is 3.72. The summed E-state index contributed by atoms with van der Waals surface area (Å²) in [6.07, 6.45) is 0. The molecule has 0 heterocycles. The smallest absolute Gasteiger partial charge is 0.478 e. The van der Waals surface area contributed by atoms with Crippen molar-refractivity contribution in [1.29, 1.82) is 0 Å². The van der Waals surface area contributed by atoms with Crippen molar-refractivity contribution >= 4 is 18.6 Å². The molecule has 0 saturated heterocycles. The molecule has 0 aliphatic rings.